The number of likely N-dealkylation sites (tertiary alicyclic amines) is 1. The first-order valence-electron chi connectivity index (χ1n) is 13.1. The second-order valence-corrected chi connectivity index (χ2v) is 11.2. The molecule has 0 unspecified atom stereocenters. The molecule has 12 nitrogen and oxygen atoms in total. The van der Waals surface area contributed by atoms with Crippen LogP contribution in [-0.4, -0.2) is 71.9 Å². The molecule has 4 aromatic heterocycles. The van der Waals surface area contributed by atoms with E-state index in [0.29, 0.717) is 29.5 Å². The number of aromatic amines is 1. The molecule has 5 rings (SSSR count). The van der Waals surface area contributed by atoms with Gasteiger partial charge in [0.05, 0.1) is 28.6 Å². The van der Waals surface area contributed by atoms with Crippen LogP contribution in [0.4, 0.5) is 10.7 Å². The minimum Gasteiger partial charge on any atom is -0.481 e. The number of hydrogen-bond donors (Lipinski definition) is 3. The van der Waals surface area contributed by atoms with Crippen molar-refractivity contribution in [1.29, 1.82) is 0 Å². The van der Waals surface area contributed by atoms with Gasteiger partial charge in [-0.05, 0) is 65.7 Å². The van der Waals surface area contributed by atoms with Gasteiger partial charge >= 0.3 is 12.1 Å². The highest BCUT2D eigenvalue weighted by Crippen LogP contribution is 2.33. The minimum absolute atomic E-state index is 0.0840. The first kappa shape index (κ1) is 27.1. The van der Waals surface area contributed by atoms with Gasteiger partial charge in [-0.15, -0.1) is 0 Å². The Balaban J connectivity index is 1.41. The number of aromatic nitrogens is 5. The lowest BCUT2D eigenvalue weighted by atomic mass is 9.94. The van der Waals surface area contributed by atoms with E-state index in [9.17, 15) is 14.7 Å². The molecule has 1 aliphatic rings. The zero-order valence-electron chi connectivity index (χ0n) is 23.4. The first-order valence-corrected chi connectivity index (χ1v) is 13.1. The predicted octanol–water partition coefficient (Wildman–Crippen LogP) is 4.72. The van der Waals surface area contributed by atoms with Gasteiger partial charge in [0.1, 0.15) is 17.0 Å². The molecule has 0 bridgehead atoms. The predicted molar refractivity (Wildman–Crippen MR) is 148 cm³/mol. The molecule has 210 valence electrons. The number of hydrogen-bond acceptors (Lipinski definition) is 9. The topological polar surface area (TPSA) is 159 Å². The second-order valence-electron chi connectivity index (χ2n) is 11.2. The van der Waals surface area contributed by atoms with Crippen molar-refractivity contribution < 1.29 is 24.0 Å². The average molecular weight is 548 g/mol. The van der Waals surface area contributed by atoms with E-state index in [-0.39, 0.29) is 19.1 Å². The van der Waals surface area contributed by atoms with E-state index in [1.54, 1.807) is 27.0 Å². The van der Waals surface area contributed by atoms with Gasteiger partial charge in [0.15, 0.2) is 0 Å². The molecule has 0 aromatic carbocycles. The van der Waals surface area contributed by atoms with Gasteiger partial charge in [-0.25, -0.2) is 19.7 Å². The number of carboxylic acid groups (broad SMARTS) is 1. The maximum absolute atomic E-state index is 12.7. The Kier molecular flexibility index (Phi) is 6.94. The summed E-state index contributed by atoms with van der Waals surface area (Å²) in [6.07, 6.45) is 3.36. The van der Waals surface area contributed by atoms with Crippen LogP contribution in [-0.2, 0) is 9.53 Å². The summed E-state index contributed by atoms with van der Waals surface area (Å²) in [7, 11) is 0. The number of carboxylic acids is 1. The number of nitrogens with zero attached hydrogens (tertiary/aromatic N) is 5. The van der Waals surface area contributed by atoms with Crippen LogP contribution in [0, 0.1) is 26.7 Å². The lowest BCUT2D eigenvalue weighted by Gasteiger charge is -2.37. The number of amides is 1. The van der Waals surface area contributed by atoms with Crippen LogP contribution in [0.1, 0.15) is 44.2 Å². The summed E-state index contributed by atoms with van der Waals surface area (Å²) in [4.78, 5) is 43.3. The fourth-order valence-corrected chi connectivity index (χ4v) is 5.01. The largest absolute Gasteiger partial charge is 0.481 e. The van der Waals surface area contributed by atoms with Crippen molar-refractivity contribution in [3.05, 3.63) is 41.5 Å². The van der Waals surface area contributed by atoms with E-state index in [1.165, 1.54) is 4.90 Å². The third-order valence-corrected chi connectivity index (χ3v) is 6.84. The molecular weight excluding hydrogens is 514 g/mol. The molecule has 0 saturated carbocycles. The van der Waals surface area contributed by atoms with E-state index in [4.69, 9.17) is 19.2 Å². The van der Waals surface area contributed by atoms with Crippen LogP contribution < -0.4 is 5.32 Å². The Morgan fingerprint density at radius 1 is 1.18 bits per heavy atom. The number of piperidine rings is 1. The second kappa shape index (κ2) is 10.2. The van der Waals surface area contributed by atoms with Crippen LogP contribution >= 0.6 is 0 Å². The Hall–Kier alpha value is -4.48. The molecule has 0 radical (unpaired) electrons. The van der Waals surface area contributed by atoms with Crippen LogP contribution in [0.5, 0.6) is 0 Å². The van der Waals surface area contributed by atoms with Crippen molar-refractivity contribution in [3.8, 4) is 22.5 Å². The molecule has 4 aromatic rings. The fraction of sp³-hybridized carbons (Fsp3) is 0.429. The molecule has 12 heteroatoms. The number of ether oxygens (including phenoxy) is 1. The summed E-state index contributed by atoms with van der Waals surface area (Å²) in [5.41, 5.74) is 4.86. The number of aryl methyl sites for hydroxylation is 3. The third-order valence-electron chi connectivity index (χ3n) is 6.84. The number of rotatable bonds is 5. The molecule has 0 spiro atoms. The molecule has 40 heavy (non-hydrogen) atoms. The van der Waals surface area contributed by atoms with Gasteiger partial charge in [-0.3, -0.25) is 4.79 Å². The van der Waals surface area contributed by atoms with Crippen molar-refractivity contribution in [2.45, 2.75) is 59.6 Å². The van der Waals surface area contributed by atoms with Crippen molar-refractivity contribution >= 4 is 29.0 Å². The van der Waals surface area contributed by atoms with Crippen LogP contribution in [0.3, 0.4) is 0 Å². The van der Waals surface area contributed by atoms with E-state index in [1.807, 2.05) is 39.1 Å². The van der Waals surface area contributed by atoms with Crippen molar-refractivity contribution in [2.75, 3.05) is 18.4 Å². The molecular formula is C28H33N7O5. The standard InChI is InChI=1S/C28H33N7O5/c1-14-10-30-26(31-18-9-17(25(36)37)12-35(13-18)27(38)39-28(4,5)6)33-23(14)20-11-29-24-19(20)7-8-21(32-24)22-15(2)34-40-16(22)3/h7-8,10-11,17-18H,9,12-13H2,1-6H3,(H,29,32)(H,36,37)(H,30,31,33)/t17-,18+/m1/s1. The molecule has 1 saturated heterocycles. The average Bonchev–Trinajstić information content (AvgIpc) is 3.45. The first-order chi connectivity index (χ1) is 18.9. The SMILES string of the molecule is Cc1cnc(N[C@H]2C[C@@H](C(=O)O)CN(C(=O)OC(C)(C)C)C2)nc1-c1c[nH]c2nc(-c3c(C)noc3C)ccc12. The molecule has 3 N–H and O–H groups in total. The number of nitrogens with one attached hydrogen (secondary N) is 2. The lowest BCUT2D eigenvalue weighted by molar-refractivity contribution is -0.143. The molecule has 1 aliphatic heterocycles. The number of H-pyrrole nitrogens is 1. The van der Waals surface area contributed by atoms with Crippen molar-refractivity contribution in [1.82, 2.24) is 30.0 Å². The lowest BCUT2D eigenvalue weighted by Crippen LogP contribution is -2.51. The maximum Gasteiger partial charge on any atom is 0.410 e. The Morgan fingerprint density at radius 3 is 2.62 bits per heavy atom. The highest BCUT2D eigenvalue weighted by Gasteiger charge is 2.36. The number of carbonyl (C=O) groups excluding carboxylic acids is 1. The van der Waals surface area contributed by atoms with Crippen molar-refractivity contribution in [2.24, 2.45) is 5.92 Å². The monoisotopic (exact) mass is 547 g/mol. The van der Waals surface area contributed by atoms with Crippen LogP contribution in [0.2, 0.25) is 0 Å². The fourth-order valence-electron chi connectivity index (χ4n) is 5.01. The van der Waals surface area contributed by atoms with E-state index in [0.717, 1.165) is 33.5 Å². The minimum atomic E-state index is -0.965. The number of aliphatic carboxylic acids is 1. The smallest absolute Gasteiger partial charge is 0.410 e. The highest BCUT2D eigenvalue weighted by molar-refractivity contribution is 5.94. The van der Waals surface area contributed by atoms with Crippen LogP contribution in [0.25, 0.3) is 33.5 Å². The molecule has 2 atom stereocenters. The summed E-state index contributed by atoms with van der Waals surface area (Å²) >= 11 is 0. The Morgan fingerprint density at radius 2 is 1.95 bits per heavy atom. The van der Waals surface area contributed by atoms with E-state index < -0.39 is 23.6 Å². The zero-order chi connectivity index (χ0) is 28.8. The number of carbonyl (C=O) groups is 2. The normalized spacial score (nSPS) is 17.7. The van der Waals surface area contributed by atoms with Crippen molar-refractivity contribution in [3.63, 3.8) is 0 Å². The molecule has 1 amide bonds. The molecule has 5 heterocycles. The van der Waals surface area contributed by atoms with Gasteiger partial charge in [0.25, 0.3) is 0 Å². The third kappa shape index (κ3) is 5.47. The quantitative estimate of drug-likeness (QED) is 0.319. The van der Waals surface area contributed by atoms with E-state index >= 15 is 0 Å². The summed E-state index contributed by atoms with van der Waals surface area (Å²) < 4.78 is 10.8. The van der Waals surface area contributed by atoms with E-state index in [2.05, 4.69) is 20.4 Å². The number of pyridine rings is 1. The van der Waals surface area contributed by atoms with Gasteiger partial charge in [0.2, 0.25) is 5.95 Å². The van der Waals surface area contributed by atoms with Gasteiger partial charge < -0.3 is 29.6 Å². The molecule has 0 aliphatic carbocycles. The van der Waals surface area contributed by atoms with Gasteiger partial charge in [0, 0.05) is 42.5 Å². The van der Waals surface area contributed by atoms with Crippen LogP contribution in [0.15, 0.2) is 29.0 Å². The highest BCUT2D eigenvalue weighted by atomic mass is 16.6. The van der Waals surface area contributed by atoms with Gasteiger partial charge in [-0.2, -0.15) is 0 Å². The maximum atomic E-state index is 12.7. The Bertz CT molecular complexity index is 1570. The summed E-state index contributed by atoms with van der Waals surface area (Å²) in [5, 5.41) is 17.9. The number of anilines is 1. The van der Waals surface area contributed by atoms with Gasteiger partial charge in [-0.1, -0.05) is 5.16 Å². The zero-order valence-corrected chi connectivity index (χ0v) is 23.4. The molecule has 1 fully saturated rings. The Labute approximate surface area is 231 Å². The summed E-state index contributed by atoms with van der Waals surface area (Å²) in [6.45, 7) is 11.4. The number of fused-ring (bicyclic) bond motifs is 1. The summed E-state index contributed by atoms with van der Waals surface area (Å²) in [5.74, 6) is -0.657. The summed E-state index contributed by atoms with van der Waals surface area (Å²) in [6, 6.07) is 3.54.